The number of thiocarbonyl (C=S) groups is 1. The summed E-state index contributed by atoms with van der Waals surface area (Å²) in [7, 11) is 0. The third kappa shape index (κ3) is 2.98. The number of rotatable bonds is 4. The molecule has 2 heterocycles. The SMILES string of the molecule is CCCN1C(=O)/C(=C/c2ccc(-n3ccnc3)cc2)SC1=S. The summed E-state index contributed by atoms with van der Waals surface area (Å²) in [6.45, 7) is 2.72. The Morgan fingerprint density at radius 1 is 1.32 bits per heavy atom. The summed E-state index contributed by atoms with van der Waals surface area (Å²) in [5, 5.41) is 0. The van der Waals surface area contributed by atoms with Crippen molar-refractivity contribution >= 4 is 40.3 Å². The fourth-order valence-corrected chi connectivity index (χ4v) is 3.53. The fourth-order valence-electron chi connectivity index (χ4n) is 2.22. The summed E-state index contributed by atoms with van der Waals surface area (Å²) >= 11 is 6.64. The summed E-state index contributed by atoms with van der Waals surface area (Å²) in [5.74, 6) is 0.00976. The predicted molar refractivity (Wildman–Crippen MR) is 93.7 cm³/mol. The number of hydrogen-bond donors (Lipinski definition) is 0. The van der Waals surface area contributed by atoms with E-state index in [1.165, 1.54) is 11.8 Å². The van der Waals surface area contributed by atoms with Crippen LogP contribution in [0.4, 0.5) is 0 Å². The number of aromatic nitrogens is 2. The quantitative estimate of drug-likeness (QED) is 0.636. The molecule has 1 aromatic carbocycles. The van der Waals surface area contributed by atoms with E-state index in [1.54, 1.807) is 17.4 Å². The Kier molecular flexibility index (Phi) is 4.40. The zero-order valence-corrected chi connectivity index (χ0v) is 13.7. The van der Waals surface area contributed by atoms with Crippen molar-refractivity contribution in [2.24, 2.45) is 0 Å². The lowest BCUT2D eigenvalue weighted by molar-refractivity contribution is -0.122. The molecule has 1 fully saturated rings. The number of carbonyl (C=O) groups is 1. The molecule has 0 unspecified atom stereocenters. The molecule has 1 saturated heterocycles. The monoisotopic (exact) mass is 329 g/mol. The van der Waals surface area contributed by atoms with Gasteiger partial charge in [-0.1, -0.05) is 43.0 Å². The van der Waals surface area contributed by atoms with Crippen molar-refractivity contribution in [2.75, 3.05) is 6.54 Å². The molecule has 112 valence electrons. The molecule has 3 rings (SSSR count). The molecule has 1 aromatic heterocycles. The molecule has 1 amide bonds. The highest BCUT2D eigenvalue weighted by Crippen LogP contribution is 2.32. The molecule has 22 heavy (non-hydrogen) atoms. The van der Waals surface area contributed by atoms with Gasteiger partial charge in [-0.15, -0.1) is 0 Å². The number of imidazole rings is 1. The molecule has 0 radical (unpaired) electrons. The predicted octanol–water partition coefficient (Wildman–Crippen LogP) is 3.48. The first-order chi connectivity index (χ1) is 10.7. The molecule has 1 aliphatic heterocycles. The second-order valence-corrected chi connectivity index (χ2v) is 6.57. The molecule has 4 nitrogen and oxygen atoms in total. The minimum atomic E-state index is 0.00976. The molecule has 0 atom stereocenters. The highest BCUT2D eigenvalue weighted by atomic mass is 32.2. The van der Waals surface area contributed by atoms with Gasteiger partial charge in [-0.3, -0.25) is 9.69 Å². The standard InChI is InChI=1S/C16H15N3OS2/c1-2-8-19-15(20)14(22-16(19)21)10-12-3-5-13(6-4-12)18-9-7-17-11-18/h3-7,9-11H,2,8H2,1H3/b14-10-. The highest BCUT2D eigenvalue weighted by Gasteiger charge is 2.30. The zero-order valence-electron chi connectivity index (χ0n) is 12.1. The van der Waals surface area contributed by atoms with E-state index < -0.39 is 0 Å². The average molecular weight is 329 g/mol. The maximum Gasteiger partial charge on any atom is 0.266 e. The molecular weight excluding hydrogens is 314 g/mol. The summed E-state index contributed by atoms with van der Waals surface area (Å²) in [5.41, 5.74) is 2.02. The smallest absolute Gasteiger partial charge is 0.266 e. The molecular formula is C16H15N3OS2. The summed E-state index contributed by atoms with van der Waals surface area (Å²) in [6, 6.07) is 7.98. The van der Waals surface area contributed by atoms with Gasteiger partial charge in [0.1, 0.15) is 4.32 Å². The first-order valence-electron chi connectivity index (χ1n) is 7.03. The minimum absolute atomic E-state index is 0.00976. The normalized spacial score (nSPS) is 16.8. The van der Waals surface area contributed by atoms with E-state index in [2.05, 4.69) is 4.98 Å². The highest BCUT2D eigenvalue weighted by molar-refractivity contribution is 8.26. The second kappa shape index (κ2) is 6.46. The van der Waals surface area contributed by atoms with Crippen LogP contribution in [0.3, 0.4) is 0 Å². The van der Waals surface area contributed by atoms with Crippen LogP contribution in [0.2, 0.25) is 0 Å². The Morgan fingerprint density at radius 3 is 2.73 bits per heavy atom. The van der Waals surface area contributed by atoms with E-state index in [4.69, 9.17) is 12.2 Å². The number of nitrogens with zero attached hydrogens (tertiary/aromatic N) is 3. The molecule has 0 N–H and O–H groups in total. The first kappa shape index (κ1) is 15.0. The Balaban J connectivity index is 1.81. The van der Waals surface area contributed by atoms with E-state index in [-0.39, 0.29) is 5.91 Å². The van der Waals surface area contributed by atoms with Crippen LogP contribution >= 0.6 is 24.0 Å². The maximum absolute atomic E-state index is 12.3. The van der Waals surface area contributed by atoms with Crippen LogP contribution in [-0.2, 0) is 4.79 Å². The lowest BCUT2D eigenvalue weighted by Gasteiger charge is -2.11. The summed E-state index contributed by atoms with van der Waals surface area (Å²) < 4.78 is 2.58. The lowest BCUT2D eigenvalue weighted by atomic mass is 10.2. The van der Waals surface area contributed by atoms with Crippen molar-refractivity contribution in [2.45, 2.75) is 13.3 Å². The van der Waals surface area contributed by atoms with Gasteiger partial charge in [0.05, 0.1) is 11.2 Å². The fraction of sp³-hybridized carbons (Fsp3) is 0.188. The van der Waals surface area contributed by atoms with E-state index >= 15 is 0 Å². The molecule has 0 aliphatic carbocycles. The van der Waals surface area contributed by atoms with Crippen molar-refractivity contribution in [3.8, 4) is 5.69 Å². The van der Waals surface area contributed by atoms with E-state index in [0.717, 1.165) is 17.7 Å². The van der Waals surface area contributed by atoms with Crippen molar-refractivity contribution in [3.63, 3.8) is 0 Å². The van der Waals surface area contributed by atoms with Crippen LogP contribution in [0.25, 0.3) is 11.8 Å². The van der Waals surface area contributed by atoms with Gasteiger partial charge >= 0.3 is 0 Å². The maximum atomic E-state index is 12.3. The van der Waals surface area contributed by atoms with E-state index in [1.807, 2.05) is 48.0 Å². The Morgan fingerprint density at radius 2 is 2.09 bits per heavy atom. The largest absolute Gasteiger partial charge is 0.306 e. The van der Waals surface area contributed by atoms with E-state index in [9.17, 15) is 4.79 Å². The van der Waals surface area contributed by atoms with Crippen molar-refractivity contribution < 1.29 is 4.79 Å². The average Bonchev–Trinajstić information content (AvgIpc) is 3.13. The number of thioether (sulfide) groups is 1. The molecule has 1 aliphatic rings. The third-order valence-electron chi connectivity index (χ3n) is 3.31. The van der Waals surface area contributed by atoms with E-state index in [0.29, 0.717) is 15.8 Å². The van der Waals surface area contributed by atoms with Crippen LogP contribution in [0.5, 0.6) is 0 Å². The van der Waals surface area contributed by atoms with Crippen molar-refractivity contribution in [3.05, 3.63) is 53.5 Å². The number of carbonyl (C=O) groups excluding carboxylic acids is 1. The molecule has 0 bridgehead atoms. The number of amides is 1. The van der Waals surface area contributed by atoms with Gasteiger partial charge < -0.3 is 4.57 Å². The second-order valence-electron chi connectivity index (χ2n) is 4.89. The molecule has 6 heteroatoms. The Labute approximate surface area is 138 Å². The van der Waals surface area contributed by atoms with Gasteiger partial charge in [-0.25, -0.2) is 4.98 Å². The molecule has 0 saturated carbocycles. The zero-order chi connectivity index (χ0) is 15.5. The topological polar surface area (TPSA) is 38.1 Å². The molecule has 0 spiro atoms. The van der Waals surface area contributed by atoms with Gasteiger partial charge in [0, 0.05) is 24.6 Å². The third-order valence-corrected chi connectivity index (χ3v) is 4.69. The summed E-state index contributed by atoms with van der Waals surface area (Å²) in [4.78, 5) is 18.7. The van der Waals surface area contributed by atoms with Crippen LogP contribution in [0, 0.1) is 0 Å². The van der Waals surface area contributed by atoms with Crippen LogP contribution in [0.1, 0.15) is 18.9 Å². The van der Waals surface area contributed by atoms with Crippen LogP contribution in [-0.4, -0.2) is 31.2 Å². The Bertz CT molecular complexity index is 720. The van der Waals surface area contributed by atoms with Crippen LogP contribution in [0.15, 0.2) is 47.9 Å². The lowest BCUT2D eigenvalue weighted by Crippen LogP contribution is -2.28. The Hall–Kier alpha value is -1.92. The van der Waals surface area contributed by atoms with Gasteiger partial charge in [-0.2, -0.15) is 0 Å². The van der Waals surface area contributed by atoms with Gasteiger partial charge in [0.2, 0.25) is 0 Å². The van der Waals surface area contributed by atoms with Gasteiger partial charge in [-0.05, 0) is 30.2 Å². The van der Waals surface area contributed by atoms with Gasteiger partial charge in [0.25, 0.3) is 5.91 Å². The van der Waals surface area contributed by atoms with Gasteiger partial charge in [0.15, 0.2) is 0 Å². The summed E-state index contributed by atoms with van der Waals surface area (Å²) in [6.07, 6.45) is 8.19. The number of hydrogen-bond acceptors (Lipinski definition) is 4. The minimum Gasteiger partial charge on any atom is -0.306 e. The number of benzene rings is 1. The van der Waals surface area contributed by atoms with Crippen molar-refractivity contribution in [1.82, 2.24) is 14.5 Å². The van der Waals surface area contributed by atoms with Crippen molar-refractivity contribution in [1.29, 1.82) is 0 Å². The first-order valence-corrected chi connectivity index (χ1v) is 8.25. The molecule has 2 aromatic rings. The van der Waals surface area contributed by atoms with Crippen LogP contribution < -0.4 is 0 Å².